The Morgan fingerprint density at radius 2 is 2.18 bits per heavy atom. The van der Waals surface area contributed by atoms with E-state index in [1.54, 1.807) is 18.3 Å². The number of rotatable bonds is 5. The van der Waals surface area contributed by atoms with Gasteiger partial charge in [-0.05, 0) is 48.2 Å². The van der Waals surface area contributed by atoms with Crippen LogP contribution in [0.2, 0.25) is 0 Å². The number of hydrogen-bond donors (Lipinski definition) is 1. The topological polar surface area (TPSA) is 51.2 Å². The van der Waals surface area contributed by atoms with Crippen LogP contribution in [0.5, 0.6) is 5.75 Å². The van der Waals surface area contributed by atoms with Gasteiger partial charge in [0.25, 0.3) is 0 Å². The summed E-state index contributed by atoms with van der Waals surface area (Å²) >= 11 is 0. The quantitative estimate of drug-likeness (QED) is 0.862. The third-order valence-electron chi connectivity index (χ3n) is 3.68. The molecule has 3 rings (SSSR count). The molecular formula is C18H16N2O2. The van der Waals surface area contributed by atoms with Gasteiger partial charge in [-0.2, -0.15) is 0 Å². The summed E-state index contributed by atoms with van der Waals surface area (Å²) in [7, 11) is 0. The van der Waals surface area contributed by atoms with Crippen LogP contribution in [0.25, 0.3) is 0 Å². The van der Waals surface area contributed by atoms with E-state index in [1.807, 2.05) is 30.5 Å². The number of anilines is 1. The molecule has 1 heterocycles. The Balaban J connectivity index is 1.56. The van der Waals surface area contributed by atoms with Crippen LogP contribution in [0.15, 0.2) is 48.8 Å². The third-order valence-corrected chi connectivity index (χ3v) is 3.68. The molecule has 110 valence electrons. The predicted molar refractivity (Wildman–Crippen MR) is 84.5 cm³/mol. The molecule has 0 bridgehead atoms. The van der Waals surface area contributed by atoms with Crippen molar-refractivity contribution in [1.29, 1.82) is 0 Å². The van der Waals surface area contributed by atoms with Crippen LogP contribution in [0.1, 0.15) is 17.9 Å². The molecular weight excluding hydrogens is 276 g/mol. The summed E-state index contributed by atoms with van der Waals surface area (Å²) in [6.45, 7) is 0.237. The molecule has 4 nitrogen and oxygen atoms in total. The highest BCUT2D eigenvalue weighted by Crippen LogP contribution is 2.47. The van der Waals surface area contributed by atoms with E-state index in [0.29, 0.717) is 5.75 Å². The molecule has 0 unspecified atom stereocenters. The Labute approximate surface area is 129 Å². The Morgan fingerprint density at radius 3 is 2.86 bits per heavy atom. The van der Waals surface area contributed by atoms with E-state index in [-0.39, 0.29) is 24.3 Å². The maximum Gasteiger partial charge on any atom is 0.228 e. The van der Waals surface area contributed by atoms with Crippen molar-refractivity contribution in [2.75, 3.05) is 11.9 Å². The van der Waals surface area contributed by atoms with Gasteiger partial charge in [-0.25, -0.2) is 0 Å². The van der Waals surface area contributed by atoms with Gasteiger partial charge >= 0.3 is 0 Å². The summed E-state index contributed by atoms with van der Waals surface area (Å²) in [5, 5.41) is 2.93. The molecule has 1 aromatic heterocycles. The van der Waals surface area contributed by atoms with Crippen LogP contribution in [0.3, 0.4) is 0 Å². The molecule has 1 saturated carbocycles. The van der Waals surface area contributed by atoms with Gasteiger partial charge in [0.1, 0.15) is 12.4 Å². The van der Waals surface area contributed by atoms with Crippen molar-refractivity contribution in [2.24, 2.45) is 5.92 Å². The maximum absolute atomic E-state index is 12.2. The fourth-order valence-corrected chi connectivity index (χ4v) is 2.44. The van der Waals surface area contributed by atoms with Crippen LogP contribution in [0, 0.1) is 18.3 Å². The Morgan fingerprint density at radius 1 is 1.36 bits per heavy atom. The molecule has 0 saturated heterocycles. The van der Waals surface area contributed by atoms with Crippen LogP contribution >= 0.6 is 0 Å². The van der Waals surface area contributed by atoms with Gasteiger partial charge in [0, 0.05) is 24.0 Å². The minimum Gasteiger partial charge on any atom is -0.481 e. The SMILES string of the molecule is C#CCOc1ccc(NC(=O)[C@H]2C[C@H]2c2cccnc2)cc1. The van der Waals surface area contributed by atoms with Gasteiger partial charge in [0.05, 0.1) is 0 Å². The van der Waals surface area contributed by atoms with Crippen molar-refractivity contribution in [2.45, 2.75) is 12.3 Å². The molecule has 2 atom stereocenters. The lowest BCUT2D eigenvalue weighted by atomic mass is 10.1. The van der Waals surface area contributed by atoms with Crippen molar-refractivity contribution < 1.29 is 9.53 Å². The van der Waals surface area contributed by atoms with E-state index in [2.05, 4.69) is 16.2 Å². The Kier molecular flexibility index (Phi) is 4.06. The second-order valence-electron chi connectivity index (χ2n) is 5.24. The van der Waals surface area contributed by atoms with Gasteiger partial charge < -0.3 is 10.1 Å². The molecule has 4 heteroatoms. The zero-order chi connectivity index (χ0) is 15.4. The van der Waals surface area contributed by atoms with Crippen molar-refractivity contribution in [3.05, 3.63) is 54.4 Å². The number of carbonyl (C=O) groups excluding carboxylic acids is 1. The predicted octanol–water partition coefficient (Wildman–Crippen LogP) is 2.84. The van der Waals surface area contributed by atoms with E-state index in [0.717, 1.165) is 17.7 Å². The number of aromatic nitrogens is 1. The van der Waals surface area contributed by atoms with E-state index >= 15 is 0 Å². The van der Waals surface area contributed by atoms with E-state index in [9.17, 15) is 4.79 Å². The van der Waals surface area contributed by atoms with Crippen molar-refractivity contribution >= 4 is 11.6 Å². The standard InChI is InChI=1S/C18H16N2O2/c1-2-10-22-15-7-5-14(6-8-15)20-18(21)17-11-16(17)13-4-3-9-19-12-13/h1,3-9,12,16-17H,10-11H2,(H,20,21)/t16-,17-/m0/s1. The lowest BCUT2D eigenvalue weighted by molar-refractivity contribution is -0.117. The van der Waals surface area contributed by atoms with Gasteiger partial charge in [0.15, 0.2) is 0 Å². The smallest absolute Gasteiger partial charge is 0.228 e. The number of benzene rings is 1. The molecule has 1 aliphatic carbocycles. The summed E-state index contributed by atoms with van der Waals surface area (Å²) in [6, 6.07) is 11.1. The number of amides is 1. The van der Waals surface area contributed by atoms with E-state index in [4.69, 9.17) is 11.2 Å². The first-order valence-electron chi connectivity index (χ1n) is 7.15. The molecule has 1 fully saturated rings. The number of ether oxygens (including phenoxy) is 1. The second-order valence-corrected chi connectivity index (χ2v) is 5.24. The van der Waals surface area contributed by atoms with Crippen LogP contribution < -0.4 is 10.1 Å². The molecule has 1 aromatic carbocycles. The zero-order valence-electron chi connectivity index (χ0n) is 12.0. The van der Waals surface area contributed by atoms with Crippen LogP contribution in [-0.4, -0.2) is 17.5 Å². The average molecular weight is 292 g/mol. The molecule has 2 aromatic rings. The van der Waals surface area contributed by atoms with Gasteiger partial charge in [-0.3, -0.25) is 9.78 Å². The molecule has 0 radical (unpaired) electrons. The number of pyridine rings is 1. The Hall–Kier alpha value is -2.80. The monoisotopic (exact) mass is 292 g/mol. The van der Waals surface area contributed by atoms with Crippen LogP contribution in [0.4, 0.5) is 5.69 Å². The lowest BCUT2D eigenvalue weighted by Gasteiger charge is -2.07. The molecule has 0 aliphatic heterocycles. The van der Waals surface area contributed by atoms with Crippen molar-refractivity contribution in [3.63, 3.8) is 0 Å². The molecule has 22 heavy (non-hydrogen) atoms. The molecule has 1 amide bonds. The first kappa shape index (κ1) is 14.2. The summed E-state index contributed by atoms with van der Waals surface area (Å²) in [4.78, 5) is 16.3. The molecule has 1 aliphatic rings. The number of carbonyl (C=O) groups is 1. The highest BCUT2D eigenvalue weighted by atomic mass is 16.5. The number of terminal acetylenes is 1. The summed E-state index contributed by atoms with van der Waals surface area (Å²) in [5.41, 5.74) is 1.88. The van der Waals surface area contributed by atoms with Gasteiger partial charge in [-0.15, -0.1) is 6.42 Å². The fourth-order valence-electron chi connectivity index (χ4n) is 2.44. The van der Waals surface area contributed by atoms with Gasteiger partial charge in [0.2, 0.25) is 5.91 Å². The number of nitrogens with zero attached hydrogens (tertiary/aromatic N) is 1. The third kappa shape index (κ3) is 3.26. The highest BCUT2D eigenvalue weighted by molar-refractivity contribution is 5.95. The van der Waals surface area contributed by atoms with Gasteiger partial charge in [-0.1, -0.05) is 12.0 Å². The lowest BCUT2D eigenvalue weighted by Crippen LogP contribution is -2.14. The van der Waals surface area contributed by atoms with E-state index in [1.165, 1.54) is 0 Å². The highest BCUT2D eigenvalue weighted by Gasteiger charge is 2.44. The normalized spacial score (nSPS) is 19.0. The molecule has 0 spiro atoms. The van der Waals surface area contributed by atoms with Crippen molar-refractivity contribution in [3.8, 4) is 18.1 Å². The number of nitrogens with one attached hydrogen (secondary N) is 1. The fraction of sp³-hybridized carbons (Fsp3) is 0.222. The van der Waals surface area contributed by atoms with Crippen LogP contribution in [-0.2, 0) is 4.79 Å². The first-order valence-corrected chi connectivity index (χ1v) is 7.15. The van der Waals surface area contributed by atoms with Crippen molar-refractivity contribution in [1.82, 2.24) is 4.98 Å². The summed E-state index contributed by atoms with van der Waals surface area (Å²) in [5.74, 6) is 3.46. The summed E-state index contributed by atoms with van der Waals surface area (Å²) in [6.07, 6.45) is 9.58. The zero-order valence-corrected chi connectivity index (χ0v) is 12.0. The number of hydrogen-bond acceptors (Lipinski definition) is 3. The summed E-state index contributed by atoms with van der Waals surface area (Å²) < 4.78 is 5.29. The average Bonchev–Trinajstić information content (AvgIpc) is 3.36. The molecule has 1 N–H and O–H groups in total. The largest absolute Gasteiger partial charge is 0.481 e. The maximum atomic E-state index is 12.2. The minimum atomic E-state index is 0.0292. The first-order chi connectivity index (χ1) is 10.8. The van der Waals surface area contributed by atoms with E-state index < -0.39 is 0 Å². The Bertz CT molecular complexity index is 689. The second kappa shape index (κ2) is 6.31. The minimum absolute atomic E-state index is 0.0292.